The predicted octanol–water partition coefficient (Wildman–Crippen LogP) is 3.07. The summed E-state index contributed by atoms with van der Waals surface area (Å²) >= 11 is 0. The molecule has 0 aliphatic heterocycles. The second-order valence-electron chi connectivity index (χ2n) is 8.35. The zero-order valence-electron chi connectivity index (χ0n) is 17.7. The van der Waals surface area contributed by atoms with Gasteiger partial charge in [-0.05, 0) is 59.0 Å². The van der Waals surface area contributed by atoms with Crippen LogP contribution < -0.4 is 4.74 Å². The molecule has 1 amide bonds. The molecule has 0 aliphatic carbocycles. The number of carbonyl (C=O) groups is 2. The van der Waals surface area contributed by atoms with Crippen molar-refractivity contribution in [1.82, 2.24) is 9.80 Å². The number of rotatable bonds is 9. The normalized spacial score (nSPS) is 11.6. The van der Waals surface area contributed by atoms with Crippen LogP contribution in [0.1, 0.15) is 45.0 Å². The van der Waals surface area contributed by atoms with Crippen molar-refractivity contribution in [2.75, 3.05) is 40.3 Å². The lowest BCUT2D eigenvalue weighted by Gasteiger charge is -2.26. The molecule has 152 valence electrons. The van der Waals surface area contributed by atoms with Gasteiger partial charge in [-0.15, -0.1) is 0 Å². The fraction of sp³-hybridized carbons (Fsp3) is 0.619. The lowest BCUT2D eigenvalue weighted by molar-refractivity contribution is -0.155. The molecule has 1 rings (SSSR count). The van der Waals surface area contributed by atoms with Gasteiger partial charge in [-0.2, -0.15) is 0 Å². The molecule has 1 aromatic rings. The topological polar surface area (TPSA) is 59.1 Å². The van der Waals surface area contributed by atoms with Gasteiger partial charge in [0.05, 0.1) is 6.61 Å². The molecule has 27 heavy (non-hydrogen) atoms. The highest BCUT2D eigenvalue weighted by Gasteiger charge is 2.23. The summed E-state index contributed by atoms with van der Waals surface area (Å²) in [5.41, 5.74) is -0.0867. The fourth-order valence-electron chi connectivity index (χ4n) is 2.27. The monoisotopic (exact) mass is 378 g/mol. The standard InChI is InChI=1S/C21H34N2O4/c1-16(2)15-26-18-10-8-9-17(13-18)20(25)23(12-11-22(6)7)14-19(24)27-21(3,4)5/h8-10,13,16H,11-12,14-15H2,1-7H3. The van der Waals surface area contributed by atoms with E-state index < -0.39 is 11.6 Å². The maximum atomic E-state index is 13.0. The average molecular weight is 379 g/mol. The average Bonchev–Trinajstić information content (AvgIpc) is 2.54. The minimum atomic E-state index is -0.585. The third-order valence-electron chi connectivity index (χ3n) is 3.51. The molecule has 6 heteroatoms. The van der Waals surface area contributed by atoms with Crippen LogP contribution in [0.3, 0.4) is 0 Å². The molecule has 0 bridgehead atoms. The molecular weight excluding hydrogens is 344 g/mol. The number of nitrogens with zero attached hydrogens (tertiary/aromatic N) is 2. The molecule has 0 spiro atoms. The Morgan fingerprint density at radius 3 is 2.33 bits per heavy atom. The quantitative estimate of drug-likeness (QED) is 0.618. The number of ether oxygens (including phenoxy) is 2. The van der Waals surface area contributed by atoms with Crippen molar-refractivity contribution in [3.63, 3.8) is 0 Å². The van der Waals surface area contributed by atoms with E-state index in [1.807, 2.05) is 45.8 Å². The fourth-order valence-corrected chi connectivity index (χ4v) is 2.27. The van der Waals surface area contributed by atoms with Crippen molar-refractivity contribution < 1.29 is 19.1 Å². The van der Waals surface area contributed by atoms with Crippen LogP contribution in [0.5, 0.6) is 5.75 Å². The molecular formula is C21H34N2O4. The Hall–Kier alpha value is -2.08. The summed E-state index contributed by atoms with van der Waals surface area (Å²) in [5.74, 6) is 0.423. The summed E-state index contributed by atoms with van der Waals surface area (Å²) in [6, 6.07) is 7.09. The van der Waals surface area contributed by atoms with E-state index in [1.165, 1.54) is 4.90 Å². The van der Waals surface area contributed by atoms with Gasteiger partial charge in [-0.1, -0.05) is 19.9 Å². The van der Waals surface area contributed by atoms with E-state index in [2.05, 4.69) is 13.8 Å². The van der Waals surface area contributed by atoms with Crippen LogP contribution in [0, 0.1) is 5.92 Å². The van der Waals surface area contributed by atoms with Gasteiger partial charge in [-0.3, -0.25) is 9.59 Å². The molecule has 1 aromatic carbocycles. The second-order valence-corrected chi connectivity index (χ2v) is 8.35. The van der Waals surface area contributed by atoms with Crippen molar-refractivity contribution in [2.24, 2.45) is 5.92 Å². The number of hydrogen-bond acceptors (Lipinski definition) is 5. The van der Waals surface area contributed by atoms with Gasteiger partial charge >= 0.3 is 5.97 Å². The number of hydrogen-bond donors (Lipinski definition) is 0. The minimum absolute atomic E-state index is 0.0823. The SMILES string of the molecule is CC(C)COc1cccc(C(=O)N(CCN(C)C)CC(=O)OC(C)(C)C)c1. The first kappa shape index (κ1) is 23.0. The minimum Gasteiger partial charge on any atom is -0.493 e. The number of amides is 1. The van der Waals surface area contributed by atoms with E-state index >= 15 is 0 Å². The van der Waals surface area contributed by atoms with Gasteiger partial charge < -0.3 is 19.3 Å². The molecule has 0 N–H and O–H groups in total. The van der Waals surface area contributed by atoms with Gasteiger partial charge in [0.15, 0.2) is 0 Å². The molecule has 0 unspecified atom stereocenters. The summed E-state index contributed by atoms with van der Waals surface area (Å²) in [6.07, 6.45) is 0. The lowest BCUT2D eigenvalue weighted by Crippen LogP contribution is -2.42. The molecule has 0 aromatic heterocycles. The van der Waals surface area contributed by atoms with Crippen LogP contribution in [0.15, 0.2) is 24.3 Å². The lowest BCUT2D eigenvalue weighted by atomic mass is 10.1. The Bertz CT molecular complexity index is 621. The van der Waals surface area contributed by atoms with Gasteiger partial charge in [0, 0.05) is 18.7 Å². The van der Waals surface area contributed by atoms with Gasteiger partial charge in [0.25, 0.3) is 5.91 Å². The Kier molecular flexibility index (Phi) is 8.76. The second kappa shape index (κ2) is 10.3. The van der Waals surface area contributed by atoms with Gasteiger partial charge in [0.1, 0.15) is 17.9 Å². The predicted molar refractivity (Wildman–Crippen MR) is 107 cm³/mol. The Morgan fingerprint density at radius 1 is 1.11 bits per heavy atom. The number of likely N-dealkylation sites (N-methyl/N-ethyl adjacent to an activating group) is 1. The number of carbonyl (C=O) groups excluding carboxylic acids is 2. The first-order valence-electron chi connectivity index (χ1n) is 9.36. The highest BCUT2D eigenvalue weighted by Crippen LogP contribution is 2.16. The molecule has 0 radical (unpaired) electrons. The largest absolute Gasteiger partial charge is 0.493 e. The van der Waals surface area contributed by atoms with E-state index in [0.717, 1.165) is 0 Å². The van der Waals surface area contributed by atoms with E-state index in [0.29, 0.717) is 36.9 Å². The van der Waals surface area contributed by atoms with Crippen LogP contribution in [0.2, 0.25) is 0 Å². The summed E-state index contributed by atoms with van der Waals surface area (Å²) < 4.78 is 11.1. The summed E-state index contributed by atoms with van der Waals surface area (Å²) in [7, 11) is 3.85. The highest BCUT2D eigenvalue weighted by atomic mass is 16.6. The van der Waals surface area contributed by atoms with Gasteiger partial charge in [-0.25, -0.2) is 0 Å². The Balaban J connectivity index is 2.91. The molecule has 0 saturated carbocycles. The first-order chi connectivity index (χ1) is 12.5. The van der Waals surface area contributed by atoms with Crippen molar-refractivity contribution in [2.45, 2.75) is 40.2 Å². The molecule has 0 atom stereocenters. The molecule has 0 aliphatic rings. The summed E-state index contributed by atoms with van der Waals surface area (Å²) in [5, 5.41) is 0. The highest BCUT2D eigenvalue weighted by molar-refractivity contribution is 5.96. The van der Waals surface area contributed by atoms with Crippen LogP contribution in [-0.2, 0) is 9.53 Å². The Morgan fingerprint density at radius 2 is 1.78 bits per heavy atom. The van der Waals surface area contributed by atoms with Crippen LogP contribution in [0.25, 0.3) is 0 Å². The van der Waals surface area contributed by atoms with Crippen molar-refractivity contribution >= 4 is 11.9 Å². The maximum Gasteiger partial charge on any atom is 0.326 e. The molecule has 0 saturated heterocycles. The van der Waals surface area contributed by atoms with Crippen molar-refractivity contribution in [3.05, 3.63) is 29.8 Å². The summed E-state index contributed by atoms with van der Waals surface area (Å²) in [4.78, 5) is 28.7. The Labute approximate surface area is 163 Å². The van der Waals surface area contributed by atoms with Crippen LogP contribution in [0.4, 0.5) is 0 Å². The summed E-state index contributed by atoms with van der Waals surface area (Å²) in [6.45, 7) is 11.2. The van der Waals surface area contributed by atoms with E-state index in [9.17, 15) is 9.59 Å². The molecule has 0 heterocycles. The maximum absolute atomic E-state index is 13.0. The third kappa shape index (κ3) is 9.43. The van der Waals surface area contributed by atoms with Gasteiger partial charge in [0.2, 0.25) is 0 Å². The van der Waals surface area contributed by atoms with Crippen LogP contribution >= 0.6 is 0 Å². The van der Waals surface area contributed by atoms with E-state index in [4.69, 9.17) is 9.47 Å². The number of benzene rings is 1. The zero-order chi connectivity index (χ0) is 20.6. The smallest absolute Gasteiger partial charge is 0.326 e. The number of esters is 1. The first-order valence-corrected chi connectivity index (χ1v) is 9.36. The van der Waals surface area contributed by atoms with E-state index in [1.54, 1.807) is 18.2 Å². The third-order valence-corrected chi connectivity index (χ3v) is 3.51. The van der Waals surface area contributed by atoms with Crippen molar-refractivity contribution in [1.29, 1.82) is 0 Å². The van der Waals surface area contributed by atoms with E-state index in [-0.39, 0.29) is 12.5 Å². The zero-order valence-corrected chi connectivity index (χ0v) is 17.7. The molecule has 0 fully saturated rings. The molecule has 6 nitrogen and oxygen atoms in total. The van der Waals surface area contributed by atoms with Crippen molar-refractivity contribution in [3.8, 4) is 5.75 Å². The van der Waals surface area contributed by atoms with Crippen LogP contribution in [-0.4, -0.2) is 67.6 Å².